The van der Waals surface area contributed by atoms with Crippen molar-refractivity contribution in [2.24, 2.45) is 0 Å². The van der Waals surface area contributed by atoms with Gasteiger partial charge in [-0.3, -0.25) is 4.79 Å². The van der Waals surface area contributed by atoms with Crippen LogP contribution < -0.4 is 5.32 Å². The molecule has 10 heteroatoms. The van der Waals surface area contributed by atoms with Crippen LogP contribution >= 0.6 is 0 Å². The Bertz CT molecular complexity index is 1310. The van der Waals surface area contributed by atoms with Gasteiger partial charge in [-0.1, -0.05) is 17.3 Å². The maximum atomic E-state index is 12.0. The van der Waals surface area contributed by atoms with E-state index in [1.807, 2.05) is 35.4 Å². The van der Waals surface area contributed by atoms with Crippen LogP contribution in [-0.2, 0) is 17.8 Å². The third-order valence-electron chi connectivity index (χ3n) is 6.15. The molecule has 2 N–H and O–H groups in total. The Morgan fingerprint density at radius 1 is 1.15 bits per heavy atom. The second-order valence-corrected chi connectivity index (χ2v) is 8.53. The Hall–Kier alpha value is -3.95. The zero-order valence-corrected chi connectivity index (χ0v) is 19.3. The predicted molar refractivity (Wildman–Crippen MR) is 126 cm³/mol. The summed E-state index contributed by atoms with van der Waals surface area (Å²) in [5.74, 6) is 2.26. The molecule has 5 rings (SSSR count). The van der Waals surface area contributed by atoms with Gasteiger partial charge >= 0.3 is 0 Å². The van der Waals surface area contributed by atoms with Crippen LogP contribution in [0.3, 0.4) is 0 Å². The number of anilines is 1. The lowest BCUT2D eigenvalue weighted by Gasteiger charge is -2.16. The van der Waals surface area contributed by atoms with E-state index in [1.165, 1.54) is 0 Å². The van der Waals surface area contributed by atoms with Crippen molar-refractivity contribution in [2.45, 2.75) is 39.7 Å². The van der Waals surface area contributed by atoms with Crippen LogP contribution in [0, 0.1) is 13.8 Å². The summed E-state index contributed by atoms with van der Waals surface area (Å²) < 4.78 is 7.32. The number of fused-ring (bicyclic) bond motifs is 1. The third kappa shape index (κ3) is 4.30. The van der Waals surface area contributed by atoms with Gasteiger partial charge in [0, 0.05) is 32.6 Å². The first-order valence-corrected chi connectivity index (χ1v) is 11.5. The third-order valence-corrected chi connectivity index (χ3v) is 6.15. The summed E-state index contributed by atoms with van der Waals surface area (Å²) in [6.45, 7) is 6.37. The van der Waals surface area contributed by atoms with Crippen LogP contribution in [0.4, 0.5) is 5.82 Å². The summed E-state index contributed by atoms with van der Waals surface area (Å²) in [4.78, 5) is 28.1. The number of imidazole rings is 1. The van der Waals surface area contributed by atoms with Gasteiger partial charge in [-0.15, -0.1) is 0 Å². The summed E-state index contributed by atoms with van der Waals surface area (Å²) >= 11 is 0. The van der Waals surface area contributed by atoms with Crippen LogP contribution in [-0.4, -0.2) is 60.2 Å². The maximum Gasteiger partial charge on any atom is 0.222 e. The minimum Gasteiger partial charge on any atom is -0.508 e. The van der Waals surface area contributed by atoms with Crippen LogP contribution in [0.25, 0.3) is 22.6 Å². The fraction of sp³-hybridized carbons (Fsp3) is 0.375. The van der Waals surface area contributed by atoms with E-state index in [4.69, 9.17) is 14.5 Å². The highest BCUT2D eigenvalue weighted by molar-refractivity contribution is 5.85. The van der Waals surface area contributed by atoms with Gasteiger partial charge in [0.15, 0.2) is 17.3 Å². The number of hydrogen-bond acceptors (Lipinski definition) is 8. The first kappa shape index (κ1) is 21.9. The molecule has 0 bridgehead atoms. The van der Waals surface area contributed by atoms with E-state index in [-0.39, 0.29) is 11.7 Å². The Balaban J connectivity index is 1.45. The molecule has 0 aliphatic carbocycles. The Morgan fingerprint density at radius 2 is 1.97 bits per heavy atom. The summed E-state index contributed by atoms with van der Waals surface area (Å²) in [6.07, 6.45) is 4.04. The highest BCUT2D eigenvalue weighted by Crippen LogP contribution is 2.28. The molecule has 0 radical (unpaired) electrons. The SMILES string of the molecule is Cc1noc(C)c1-c1nc(NCCc2ccc(O)cc2)c2ncn(CCN3CCCC3=O)c2n1. The Kier molecular flexibility index (Phi) is 5.87. The summed E-state index contributed by atoms with van der Waals surface area (Å²) in [5, 5.41) is 17.0. The molecular weight excluding hydrogens is 434 g/mol. The van der Waals surface area contributed by atoms with Gasteiger partial charge in [0.25, 0.3) is 0 Å². The number of benzene rings is 1. The van der Waals surface area contributed by atoms with Gasteiger partial charge in [0.2, 0.25) is 5.91 Å². The number of aromatic nitrogens is 5. The van der Waals surface area contributed by atoms with Crippen molar-refractivity contribution in [3.05, 3.63) is 47.6 Å². The van der Waals surface area contributed by atoms with E-state index < -0.39 is 0 Å². The zero-order chi connectivity index (χ0) is 23.7. The van der Waals surface area contributed by atoms with Crippen molar-refractivity contribution in [3.8, 4) is 17.1 Å². The lowest BCUT2D eigenvalue weighted by atomic mass is 10.1. The molecular formula is C24H27N7O3. The summed E-state index contributed by atoms with van der Waals surface area (Å²) in [6, 6.07) is 7.16. The van der Waals surface area contributed by atoms with Gasteiger partial charge in [0.1, 0.15) is 17.0 Å². The van der Waals surface area contributed by atoms with E-state index in [2.05, 4.69) is 15.5 Å². The van der Waals surface area contributed by atoms with Crippen LogP contribution in [0.15, 0.2) is 35.1 Å². The number of carbonyl (C=O) groups excluding carboxylic acids is 1. The molecule has 0 atom stereocenters. The summed E-state index contributed by atoms with van der Waals surface area (Å²) in [7, 11) is 0. The number of carbonyl (C=O) groups is 1. The van der Waals surface area contributed by atoms with Gasteiger partial charge in [-0.05, 0) is 44.4 Å². The second-order valence-electron chi connectivity index (χ2n) is 8.53. The number of nitrogens with one attached hydrogen (secondary N) is 1. The average molecular weight is 462 g/mol. The number of aryl methyl sites for hydroxylation is 2. The molecule has 3 aromatic heterocycles. The van der Waals surface area contributed by atoms with E-state index in [9.17, 15) is 9.90 Å². The molecule has 4 heterocycles. The molecule has 1 amide bonds. The number of hydrogen-bond donors (Lipinski definition) is 2. The van der Waals surface area contributed by atoms with E-state index in [0.717, 1.165) is 36.2 Å². The van der Waals surface area contributed by atoms with Gasteiger partial charge < -0.3 is 24.4 Å². The number of phenols is 1. The standard InChI is InChI=1S/C24H27N7O3/c1-15-20(16(2)34-29-15)22-27-23(25-10-9-17-5-7-18(32)8-6-17)21-24(28-22)31(14-26-21)13-12-30-11-3-4-19(30)33/h5-8,14,32H,3-4,9-13H2,1-2H3,(H,25,27,28). The molecule has 1 aliphatic heterocycles. The first-order chi connectivity index (χ1) is 16.5. The molecule has 4 aromatic rings. The number of nitrogens with zero attached hydrogens (tertiary/aromatic N) is 6. The number of aromatic hydroxyl groups is 1. The highest BCUT2D eigenvalue weighted by atomic mass is 16.5. The molecule has 1 fully saturated rings. The monoisotopic (exact) mass is 461 g/mol. The van der Waals surface area contributed by atoms with Crippen molar-refractivity contribution >= 4 is 22.9 Å². The van der Waals surface area contributed by atoms with Crippen LogP contribution in [0.2, 0.25) is 0 Å². The number of amides is 1. The molecule has 0 saturated carbocycles. The lowest BCUT2D eigenvalue weighted by Crippen LogP contribution is -2.28. The van der Waals surface area contributed by atoms with Crippen LogP contribution in [0.1, 0.15) is 29.9 Å². The topological polar surface area (TPSA) is 122 Å². The summed E-state index contributed by atoms with van der Waals surface area (Å²) in [5.41, 5.74) is 3.96. The van der Waals surface area contributed by atoms with E-state index >= 15 is 0 Å². The molecule has 10 nitrogen and oxygen atoms in total. The minimum absolute atomic E-state index is 0.201. The number of phenolic OH excluding ortho intramolecular Hbond substituents is 1. The number of likely N-dealkylation sites (tertiary alicyclic amines) is 1. The van der Waals surface area contributed by atoms with Crippen molar-refractivity contribution < 1.29 is 14.4 Å². The highest BCUT2D eigenvalue weighted by Gasteiger charge is 2.22. The van der Waals surface area contributed by atoms with E-state index in [0.29, 0.717) is 54.6 Å². The van der Waals surface area contributed by atoms with Gasteiger partial charge in [-0.25, -0.2) is 15.0 Å². The van der Waals surface area contributed by atoms with Gasteiger partial charge in [0.05, 0.1) is 17.6 Å². The van der Waals surface area contributed by atoms with Gasteiger partial charge in [-0.2, -0.15) is 0 Å². The normalized spacial score (nSPS) is 13.8. The molecule has 176 valence electrons. The second kappa shape index (κ2) is 9.12. The fourth-order valence-electron chi connectivity index (χ4n) is 4.30. The van der Waals surface area contributed by atoms with Crippen molar-refractivity contribution in [1.29, 1.82) is 0 Å². The molecule has 34 heavy (non-hydrogen) atoms. The average Bonchev–Trinajstić information content (AvgIpc) is 3.52. The fourth-order valence-corrected chi connectivity index (χ4v) is 4.30. The molecule has 1 saturated heterocycles. The lowest BCUT2D eigenvalue weighted by molar-refractivity contribution is -0.127. The number of rotatable bonds is 8. The quantitative estimate of drug-likeness (QED) is 0.410. The van der Waals surface area contributed by atoms with Crippen molar-refractivity contribution in [3.63, 3.8) is 0 Å². The van der Waals surface area contributed by atoms with Crippen molar-refractivity contribution in [1.82, 2.24) is 29.6 Å². The van der Waals surface area contributed by atoms with Crippen LogP contribution in [0.5, 0.6) is 5.75 Å². The Labute approximate surface area is 196 Å². The predicted octanol–water partition coefficient (Wildman–Crippen LogP) is 3.08. The Morgan fingerprint density at radius 3 is 2.68 bits per heavy atom. The molecule has 1 aliphatic rings. The maximum absolute atomic E-state index is 12.0. The molecule has 1 aromatic carbocycles. The largest absolute Gasteiger partial charge is 0.508 e. The van der Waals surface area contributed by atoms with E-state index in [1.54, 1.807) is 18.5 Å². The molecule has 0 unspecified atom stereocenters. The molecule has 0 spiro atoms. The zero-order valence-electron chi connectivity index (χ0n) is 19.3. The van der Waals surface area contributed by atoms with Crippen molar-refractivity contribution in [2.75, 3.05) is 25.0 Å². The minimum atomic E-state index is 0.201. The smallest absolute Gasteiger partial charge is 0.222 e. The first-order valence-electron chi connectivity index (χ1n) is 11.5.